The van der Waals surface area contributed by atoms with E-state index in [1.54, 1.807) is 6.92 Å². The number of alkyl halides is 2. The second-order valence-corrected chi connectivity index (χ2v) is 3.27. The van der Waals surface area contributed by atoms with Crippen LogP contribution < -0.4 is 4.74 Å². The Labute approximate surface area is 97.6 Å². The number of nitrogens with zero attached hydrogens (tertiary/aromatic N) is 1. The summed E-state index contributed by atoms with van der Waals surface area (Å²) in [6.07, 6.45) is 1.24. The Balaban J connectivity index is 2.92. The second kappa shape index (κ2) is 5.56. The van der Waals surface area contributed by atoms with Crippen molar-refractivity contribution in [2.75, 3.05) is 13.2 Å². The van der Waals surface area contributed by atoms with Crippen molar-refractivity contribution >= 4 is 5.97 Å². The zero-order chi connectivity index (χ0) is 12.9. The van der Waals surface area contributed by atoms with Crippen molar-refractivity contribution in [1.82, 2.24) is 4.98 Å². The van der Waals surface area contributed by atoms with Crippen molar-refractivity contribution in [1.29, 1.82) is 0 Å². The molecule has 0 radical (unpaired) electrons. The van der Waals surface area contributed by atoms with Crippen LogP contribution in [0, 0.1) is 0 Å². The first-order chi connectivity index (χ1) is 7.97. The lowest BCUT2D eigenvalue weighted by molar-refractivity contribution is -0.154. The SMILES string of the molecule is CCOc1cccnc1C(F)(F)COC(C)=O. The molecule has 0 aliphatic heterocycles. The molecule has 4 nitrogen and oxygen atoms in total. The quantitative estimate of drug-likeness (QED) is 0.746. The number of hydrogen-bond acceptors (Lipinski definition) is 4. The number of aromatic nitrogens is 1. The fourth-order valence-electron chi connectivity index (χ4n) is 1.20. The highest BCUT2D eigenvalue weighted by atomic mass is 19.3. The van der Waals surface area contributed by atoms with Crippen molar-refractivity contribution in [3.05, 3.63) is 24.0 Å². The normalized spacial score (nSPS) is 11.1. The fourth-order valence-corrected chi connectivity index (χ4v) is 1.20. The van der Waals surface area contributed by atoms with E-state index < -0.39 is 24.2 Å². The first-order valence-electron chi connectivity index (χ1n) is 5.07. The van der Waals surface area contributed by atoms with Gasteiger partial charge in [0.15, 0.2) is 12.3 Å². The monoisotopic (exact) mass is 245 g/mol. The van der Waals surface area contributed by atoms with Crippen molar-refractivity contribution in [2.24, 2.45) is 0 Å². The number of carbonyl (C=O) groups is 1. The molecule has 0 amide bonds. The Bertz CT molecular complexity index is 396. The summed E-state index contributed by atoms with van der Waals surface area (Å²) in [6, 6.07) is 2.89. The largest absolute Gasteiger partial charge is 0.492 e. The van der Waals surface area contributed by atoms with Gasteiger partial charge in [-0.15, -0.1) is 0 Å². The number of halogens is 2. The zero-order valence-electron chi connectivity index (χ0n) is 9.57. The molecule has 0 atom stereocenters. The Kier molecular flexibility index (Phi) is 4.37. The molecule has 0 spiro atoms. The van der Waals surface area contributed by atoms with E-state index in [1.807, 2.05) is 0 Å². The molecule has 0 unspecified atom stereocenters. The predicted molar refractivity (Wildman–Crippen MR) is 55.9 cm³/mol. The molecule has 94 valence electrons. The van der Waals surface area contributed by atoms with E-state index >= 15 is 0 Å². The molecular formula is C11H13F2NO3. The molecule has 0 saturated heterocycles. The number of hydrogen-bond donors (Lipinski definition) is 0. The molecule has 0 aliphatic carbocycles. The van der Waals surface area contributed by atoms with E-state index in [0.29, 0.717) is 0 Å². The molecular weight excluding hydrogens is 232 g/mol. The molecule has 1 aromatic heterocycles. The van der Waals surface area contributed by atoms with Crippen molar-refractivity contribution in [2.45, 2.75) is 19.8 Å². The summed E-state index contributed by atoms with van der Waals surface area (Å²) in [5.41, 5.74) is -0.525. The van der Waals surface area contributed by atoms with Gasteiger partial charge in [0.2, 0.25) is 0 Å². The summed E-state index contributed by atoms with van der Waals surface area (Å²) in [4.78, 5) is 14.1. The predicted octanol–water partition coefficient (Wildman–Crippen LogP) is 2.14. The molecule has 0 bridgehead atoms. The van der Waals surface area contributed by atoms with Crippen LogP contribution in [0.2, 0.25) is 0 Å². The third kappa shape index (κ3) is 3.65. The van der Waals surface area contributed by atoms with Crippen LogP contribution in [-0.4, -0.2) is 24.2 Å². The first kappa shape index (κ1) is 13.3. The Hall–Kier alpha value is -1.72. The lowest BCUT2D eigenvalue weighted by atomic mass is 10.2. The molecule has 17 heavy (non-hydrogen) atoms. The highest BCUT2D eigenvalue weighted by Crippen LogP contribution is 2.33. The first-order valence-corrected chi connectivity index (χ1v) is 5.07. The van der Waals surface area contributed by atoms with Gasteiger partial charge in [-0.2, -0.15) is 8.78 Å². The summed E-state index contributed by atoms with van der Waals surface area (Å²) < 4.78 is 36.7. The van der Waals surface area contributed by atoms with Gasteiger partial charge in [-0.1, -0.05) is 0 Å². The minimum atomic E-state index is -3.36. The van der Waals surface area contributed by atoms with Crippen LogP contribution in [0.25, 0.3) is 0 Å². The lowest BCUT2D eigenvalue weighted by Crippen LogP contribution is -2.24. The van der Waals surface area contributed by atoms with Crippen molar-refractivity contribution in [3.63, 3.8) is 0 Å². The number of rotatable bonds is 5. The fraction of sp³-hybridized carbons (Fsp3) is 0.455. The van der Waals surface area contributed by atoms with Gasteiger partial charge in [0, 0.05) is 13.1 Å². The molecule has 6 heteroatoms. The topological polar surface area (TPSA) is 48.4 Å². The standard InChI is InChI=1S/C11H13F2NO3/c1-3-16-9-5-4-6-14-10(9)11(12,13)7-17-8(2)15/h4-6H,3,7H2,1-2H3. The van der Waals surface area contributed by atoms with E-state index in [-0.39, 0.29) is 12.4 Å². The number of pyridine rings is 1. The maximum atomic E-state index is 13.7. The van der Waals surface area contributed by atoms with E-state index in [0.717, 1.165) is 6.92 Å². The highest BCUT2D eigenvalue weighted by molar-refractivity contribution is 5.66. The minimum Gasteiger partial charge on any atom is -0.492 e. The van der Waals surface area contributed by atoms with Gasteiger partial charge >= 0.3 is 11.9 Å². The smallest absolute Gasteiger partial charge is 0.326 e. The van der Waals surface area contributed by atoms with E-state index in [1.165, 1.54) is 18.3 Å². The van der Waals surface area contributed by atoms with E-state index in [4.69, 9.17) is 4.74 Å². The van der Waals surface area contributed by atoms with Gasteiger partial charge in [-0.3, -0.25) is 9.78 Å². The number of ether oxygens (including phenoxy) is 2. The number of carbonyl (C=O) groups excluding carboxylic acids is 1. The summed E-state index contributed by atoms with van der Waals surface area (Å²) in [5, 5.41) is 0. The summed E-state index contributed by atoms with van der Waals surface area (Å²) in [6.45, 7) is 1.96. The number of esters is 1. The Morgan fingerprint density at radius 1 is 1.53 bits per heavy atom. The summed E-state index contributed by atoms with van der Waals surface area (Å²) >= 11 is 0. The third-order valence-corrected chi connectivity index (χ3v) is 1.87. The van der Waals surface area contributed by atoms with Crippen LogP contribution in [0.1, 0.15) is 19.5 Å². The minimum absolute atomic E-state index is 0.00727. The van der Waals surface area contributed by atoms with Crippen molar-refractivity contribution in [3.8, 4) is 5.75 Å². The van der Waals surface area contributed by atoms with Gasteiger partial charge in [0.1, 0.15) is 5.75 Å². The highest BCUT2D eigenvalue weighted by Gasteiger charge is 2.38. The van der Waals surface area contributed by atoms with Crippen LogP contribution in [-0.2, 0) is 15.5 Å². The maximum absolute atomic E-state index is 13.7. The summed E-state index contributed by atoms with van der Waals surface area (Å²) in [5.74, 6) is -4.14. The average Bonchev–Trinajstić information content (AvgIpc) is 2.28. The molecule has 0 aliphatic rings. The molecule has 1 heterocycles. The Morgan fingerprint density at radius 3 is 2.82 bits per heavy atom. The van der Waals surface area contributed by atoms with Gasteiger partial charge in [-0.25, -0.2) is 0 Å². The molecule has 0 N–H and O–H groups in total. The van der Waals surface area contributed by atoms with Gasteiger partial charge in [-0.05, 0) is 19.1 Å². The van der Waals surface area contributed by atoms with Crippen LogP contribution in [0.15, 0.2) is 18.3 Å². The van der Waals surface area contributed by atoms with Gasteiger partial charge in [0.25, 0.3) is 0 Å². The zero-order valence-corrected chi connectivity index (χ0v) is 9.57. The van der Waals surface area contributed by atoms with Crippen LogP contribution in [0.5, 0.6) is 5.75 Å². The third-order valence-electron chi connectivity index (χ3n) is 1.87. The van der Waals surface area contributed by atoms with Gasteiger partial charge in [0.05, 0.1) is 6.61 Å². The van der Waals surface area contributed by atoms with Gasteiger partial charge < -0.3 is 9.47 Å². The van der Waals surface area contributed by atoms with E-state index in [9.17, 15) is 13.6 Å². The molecule has 0 aromatic carbocycles. The summed E-state index contributed by atoms with van der Waals surface area (Å²) in [7, 11) is 0. The van der Waals surface area contributed by atoms with E-state index in [2.05, 4.69) is 9.72 Å². The molecule has 1 aromatic rings. The second-order valence-electron chi connectivity index (χ2n) is 3.27. The molecule has 1 rings (SSSR count). The van der Waals surface area contributed by atoms with Crippen LogP contribution in [0.3, 0.4) is 0 Å². The maximum Gasteiger partial charge on any atom is 0.326 e. The Morgan fingerprint density at radius 2 is 2.24 bits per heavy atom. The van der Waals surface area contributed by atoms with Crippen LogP contribution >= 0.6 is 0 Å². The molecule has 0 saturated carbocycles. The van der Waals surface area contributed by atoms with Crippen LogP contribution in [0.4, 0.5) is 8.78 Å². The lowest BCUT2D eigenvalue weighted by Gasteiger charge is -2.18. The van der Waals surface area contributed by atoms with Crippen molar-refractivity contribution < 1.29 is 23.0 Å². The molecule has 0 fully saturated rings. The average molecular weight is 245 g/mol.